The first-order chi connectivity index (χ1) is 6.59. The van der Waals surface area contributed by atoms with E-state index >= 15 is 0 Å². The molecule has 1 aliphatic heterocycles. The molecular weight excluding hydrogens is 200 g/mol. The standard InChI is InChI=1S/C9H16N2O2S/c1-6(7-3-2-4-13-7)11-9(12)5-8(10)14/h6-7H,2-5H2,1H3,(H2,10,14)(H,11,12). The minimum Gasteiger partial charge on any atom is -0.393 e. The highest BCUT2D eigenvalue weighted by atomic mass is 32.1. The van der Waals surface area contributed by atoms with Crippen molar-refractivity contribution in [2.24, 2.45) is 5.73 Å². The van der Waals surface area contributed by atoms with Gasteiger partial charge in [-0.2, -0.15) is 0 Å². The number of ether oxygens (including phenoxy) is 1. The summed E-state index contributed by atoms with van der Waals surface area (Å²) in [5.41, 5.74) is 5.26. The minimum atomic E-state index is -0.125. The molecular formula is C9H16N2O2S. The van der Waals surface area contributed by atoms with Crippen LogP contribution in [0.5, 0.6) is 0 Å². The van der Waals surface area contributed by atoms with Gasteiger partial charge in [0.05, 0.1) is 23.6 Å². The predicted octanol–water partition coefficient (Wildman–Crippen LogP) is 0.346. The zero-order valence-corrected chi connectivity index (χ0v) is 9.10. The molecule has 4 nitrogen and oxygen atoms in total. The lowest BCUT2D eigenvalue weighted by atomic mass is 10.1. The summed E-state index contributed by atoms with van der Waals surface area (Å²) in [4.78, 5) is 11.5. The summed E-state index contributed by atoms with van der Waals surface area (Å²) in [6, 6.07) is 0.0411. The Morgan fingerprint density at radius 3 is 3.00 bits per heavy atom. The highest BCUT2D eigenvalue weighted by Crippen LogP contribution is 2.15. The van der Waals surface area contributed by atoms with Crippen LogP contribution in [0.2, 0.25) is 0 Å². The molecule has 0 radical (unpaired) electrons. The minimum absolute atomic E-state index is 0.0411. The van der Waals surface area contributed by atoms with Crippen molar-refractivity contribution >= 4 is 23.1 Å². The lowest BCUT2D eigenvalue weighted by Crippen LogP contribution is -2.41. The van der Waals surface area contributed by atoms with Crippen molar-refractivity contribution in [3.05, 3.63) is 0 Å². The summed E-state index contributed by atoms with van der Waals surface area (Å²) in [5.74, 6) is -0.125. The third-order valence-electron chi connectivity index (χ3n) is 2.25. The quantitative estimate of drug-likeness (QED) is 0.665. The van der Waals surface area contributed by atoms with Gasteiger partial charge in [0.15, 0.2) is 0 Å². The fraction of sp³-hybridized carbons (Fsp3) is 0.778. The van der Waals surface area contributed by atoms with Gasteiger partial charge in [0.25, 0.3) is 0 Å². The lowest BCUT2D eigenvalue weighted by molar-refractivity contribution is -0.121. The van der Waals surface area contributed by atoms with Crippen LogP contribution in [0.15, 0.2) is 0 Å². The van der Waals surface area contributed by atoms with Crippen molar-refractivity contribution in [1.29, 1.82) is 0 Å². The van der Waals surface area contributed by atoms with E-state index in [9.17, 15) is 4.79 Å². The number of carbonyl (C=O) groups is 1. The molecule has 0 aromatic carbocycles. The summed E-state index contributed by atoms with van der Waals surface area (Å²) in [5, 5.41) is 2.82. The molecule has 1 saturated heterocycles. The van der Waals surface area contributed by atoms with E-state index in [1.165, 1.54) is 0 Å². The van der Waals surface area contributed by atoms with Crippen LogP contribution in [-0.2, 0) is 9.53 Å². The average molecular weight is 216 g/mol. The molecule has 1 fully saturated rings. The number of nitrogens with two attached hydrogens (primary N) is 1. The van der Waals surface area contributed by atoms with E-state index in [0.29, 0.717) is 0 Å². The highest BCUT2D eigenvalue weighted by Gasteiger charge is 2.23. The van der Waals surface area contributed by atoms with Crippen LogP contribution in [0.3, 0.4) is 0 Å². The third kappa shape index (κ3) is 3.59. The van der Waals surface area contributed by atoms with Gasteiger partial charge in [0.1, 0.15) is 0 Å². The van der Waals surface area contributed by atoms with Gasteiger partial charge < -0.3 is 15.8 Å². The van der Waals surface area contributed by atoms with Crippen LogP contribution < -0.4 is 11.1 Å². The molecule has 0 aliphatic carbocycles. The Bertz CT molecular complexity index is 227. The van der Waals surface area contributed by atoms with Gasteiger partial charge in [0, 0.05) is 6.61 Å². The van der Waals surface area contributed by atoms with E-state index in [0.717, 1.165) is 19.4 Å². The molecule has 1 amide bonds. The second-order valence-electron chi connectivity index (χ2n) is 3.55. The normalized spacial score (nSPS) is 23.1. The first-order valence-electron chi connectivity index (χ1n) is 4.79. The fourth-order valence-corrected chi connectivity index (χ4v) is 1.68. The van der Waals surface area contributed by atoms with E-state index in [1.807, 2.05) is 6.92 Å². The van der Waals surface area contributed by atoms with Gasteiger partial charge in [-0.15, -0.1) is 0 Å². The van der Waals surface area contributed by atoms with E-state index in [1.54, 1.807) is 0 Å². The van der Waals surface area contributed by atoms with Crippen molar-refractivity contribution < 1.29 is 9.53 Å². The van der Waals surface area contributed by atoms with Crippen molar-refractivity contribution in [2.75, 3.05) is 6.61 Å². The lowest BCUT2D eigenvalue weighted by Gasteiger charge is -2.19. The summed E-state index contributed by atoms with van der Waals surface area (Å²) in [7, 11) is 0. The summed E-state index contributed by atoms with van der Waals surface area (Å²) in [6.45, 7) is 2.73. The van der Waals surface area contributed by atoms with Crippen LogP contribution in [0.1, 0.15) is 26.2 Å². The largest absolute Gasteiger partial charge is 0.393 e. The molecule has 0 spiro atoms. The number of nitrogens with one attached hydrogen (secondary N) is 1. The first-order valence-corrected chi connectivity index (χ1v) is 5.19. The van der Waals surface area contributed by atoms with Gasteiger partial charge in [-0.25, -0.2) is 0 Å². The number of thiocarbonyl (C=S) groups is 1. The summed E-state index contributed by atoms with van der Waals surface area (Å²) in [6.07, 6.45) is 2.34. The predicted molar refractivity (Wildman–Crippen MR) is 58.0 cm³/mol. The molecule has 5 heteroatoms. The van der Waals surface area contributed by atoms with Crippen LogP contribution in [0, 0.1) is 0 Å². The number of rotatable bonds is 4. The van der Waals surface area contributed by atoms with E-state index in [4.69, 9.17) is 10.5 Å². The summed E-state index contributed by atoms with van der Waals surface area (Å²) < 4.78 is 5.44. The Kier molecular flexibility index (Phi) is 4.28. The Morgan fingerprint density at radius 1 is 1.79 bits per heavy atom. The second kappa shape index (κ2) is 5.26. The average Bonchev–Trinajstić information content (AvgIpc) is 2.53. The maximum Gasteiger partial charge on any atom is 0.227 e. The van der Waals surface area contributed by atoms with Crippen molar-refractivity contribution in [3.8, 4) is 0 Å². The van der Waals surface area contributed by atoms with Gasteiger partial charge in [-0.05, 0) is 19.8 Å². The van der Waals surface area contributed by atoms with E-state index < -0.39 is 0 Å². The molecule has 2 unspecified atom stereocenters. The molecule has 1 heterocycles. The highest BCUT2D eigenvalue weighted by molar-refractivity contribution is 7.80. The molecule has 0 aromatic heterocycles. The topological polar surface area (TPSA) is 64.4 Å². The summed E-state index contributed by atoms with van der Waals surface area (Å²) >= 11 is 4.65. The van der Waals surface area contributed by atoms with Gasteiger partial charge in [-0.3, -0.25) is 4.79 Å². The van der Waals surface area contributed by atoms with Gasteiger partial charge in [0.2, 0.25) is 5.91 Å². The van der Waals surface area contributed by atoms with E-state index in [2.05, 4.69) is 17.5 Å². The first kappa shape index (κ1) is 11.4. The van der Waals surface area contributed by atoms with Crippen molar-refractivity contribution in [2.45, 2.75) is 38.3 Å². The van der Waals surface area contributed by atoms with Gasteiger partial charge >= 0.3 is 0 Å². The molecule has 80 valence electrons. The maximum atomic E-state index is 11.3. The third-order valence-corrected chi connectivity index (χ3v) is 2.39. The number of hydrogen-bond acceptors (Lipinski definition) is 3. The zero-order valence-electron chi connectivity index (χ0n) is 8.29. The molecule has 0 bridgehead atoms. The smallest absolute Gasteiger partial charge is 0.227 e. The van der Waals surface area contributed by atoms with Gasteiger partial charge in [-0.1, -0.05) is 12.2 Å². The zero-order chi connectivity index (χ0) is 10.6. The van der Waals surface area contributed by atoms with Crippen molar-refractivity contribution in [3.63, 3.8) is 0 Å². The molecule has 0 aromatic rings. The maximum absolute atomic E-state index is 11.3. The molecule has 14 heavy (non-hydrogen) atoms. The number of hydrogen-bond donors (Lipinski definition) is 2. The Labute approximate surface area is 89.2 Å². The molecule has 3 N–H and O–H groups in total. The van der Waals surface area contributed by atoms with Crippen LogP contribution in [0.4, 0.5) is 0 Å². The van der Waals surface area contributed by atoms with E-state index in [-0.39, 0.29) is 29.5 Å². The Morgan fingerprint density at radius 2 is 2.50 bits per heavy atom. The Hall–Kier alpha value is -0.680. The monoisotopic (exact) mass is 216 g/mol. The van der Waals surface area contributed by atoms with Crippen LogP contribution in [0.25, 0.3) is 0 Å². The molecule has 0 saturated carbocycles. The second-order valence-corrected chi connectivity index (χ2v) is 4.08. The van der Waals surface area contributed by atoms with Crippen LogP contribution in [-0.4, -0.2) is 29.6 Å². The molecule has 2 atom stereocenters. The van der Waals surface area contributed by atoms with Crippen LogP contribution >= 0.6 is 12.2 Å². The Balaban J connectivity index is 2.28. The SMILES string of the molecule is CC(NC(=O)CC(N)=S)C1CCCO1. The molecule has 1 rings (SSSR count). The van der Waals surface area contributed by atoms with Crippen molar-refractivity contribution in [1.82, 2.24) is 5.32 Å². The number of amides is 1. The molecule has 1 aliphatic rings. The fourth-order valence-electron chi connectivity index (χ4n) is 1.55. The number of carbonyl (C=O) groups excluding carboxylic acids is 1.